The van der Waals surface area contributed by atoms with Crippen LogP contribution in [0.3, 0.4) is 0 Å². The first kappa shape index (κ1) is 15.6. The quantitative estimate of drug-likeness (QED) is 0.887. The fourth-order valence-electron chi connectivity index (χ4n) is 2.42. The van der Waals surface area contributed by atoms with E-state index in [0.29, 0.717) is 30.6 Å². The molecule has 2 N–H and O–H groups in total. The minimum absolute atomic E-state index is 0. The molecular formula is C14H19ClN4O2. The highest BCUT2D eigenvalue weighted by atomic mass is 35.5. The third kappa shape index (κ3) is 3.28. The van der Waals surface area contributed by atoms with Crippen molar-refractivity contribution in [3.8, 4) is 11.5 Å². The number of hydrogen-bond acceptors (Lipinski definition) is 4. The highest BCUT2D eigenvalue weighted by Crippen LogP contribution is 2.21. The molecule has 1 saturated heterocycles. The number of aromatic amines is 1. The highest BCUT2D eigenvalue weighted by Gasteiger charge is 2.23. The van der Waals surface area contributed by atoms with Gasteiger partial charge in [-0.15, -0.1) is 12.4 Å². The minimum atomic E-state index is -0.0378. The lowest BCUT2D eigenvalue weighted by Crippen LogP contribution is -2.51. The summed E-state index contributed by atoms with van der Waals surface area (Å²) >= 11 is 0. The number of H-pyrrole nitrogens is 1. The Bertz CT molecular complexity index is 622. The van der Waals surface area contributed by atoms with Crippen LogP contribution in [-0.2, 0) is 0 Å². The van der Waals surface area contributed by atoms with E-state index in [1.165, 1.54) is 0 Å². The summed E-state index contributed by atoms with van der Waals surface area (Å²) in [6, 6.07) is 5.81. The van der Waals surface area contributed by atoms with Gasteiger partial charge in [0.2, 0.25) is 0 Å². The van der Waals surface area contributed by atoms with E-state index in [4.69, 9.17) is 4.42 Å². The number of carbonyl (C=O) groups excluding carboxylic acids is 1. The molecule has 1 atom stereocenters. The van der Waals surface area contributed by atoms with E-state index in [-0.39, 0.29) is 18.3 Å². The summed E-state index contributed by atoms with van der Waals surface area (Å²) in [5.74, 6) is 1.49. The number of halogens is 1. The second-order valence-corrected chi connectivity index (χ2v) is 5.18. The molecule has 0 spiro atoms. The first-order valence-electron chi connectivity index (χ1n) is 6.78. The summed E-state index contributed by atoms with van der Waals surface area (Å²) < 4.78 is 5.52. The summed E-state index contributed by atoms with van der Waals surface area (Å²) in [6.45, 7) is 6.20. The van der Waals surface area contributed by atoms with Crippen molar-refractivity contribution in [1.82, 2.24) is 20.4 Å². The zero-order valence-electron chi connectivity index (χ0n) is 12.0. The van der Waals surface area contributed by atoms with Crippen molar-refractivity contribution in [2.75, 3.05) is 19.6 Å². The Kier molecular flexibility index (Phi) is 4.69. The van der Waals surface area contributed by atoms with Crippen molar-refractivity contribution < 1.29 is 9.21 Å². The van der Waals surface area contributed by atoms with E-state index < -0.39 is 0 Å². The molecule has 1 fully saturated rings. The van der Waals surface area contributed by atoms with Gasteiger partial charge in [0, 0.05) is 31.7 Å². The Morgan fingerprint density at radius 3 is 2.95 bits per heavy atom. The second kappa shape index (κ2) is 6.32. The number of furan rings is 1. The molecule has 114 valence electrons. The van der Waals surface area contributed by atoms with Crippen LogP contribution in [0, 0.1) is 6.92 Å². The number of carbonyl (C=O) groups is 1. The molecule has 6 nitrogen and oxygen atoms in total. The SMILES string of the molecule is Cc1ccc(-c2cc(C(=O)N3CCNC(C)C3)n[nH]2)o1.Cl. The maximum absolute atomic E-state index is 12.4. The van der Waals surface area contributed by atoms with Crippen molar-refractivity contribution >= 4 is 18.3 Å². The maximum atomic E-state index is 12.4. The van der Waals surface area contributed by atoms with Crippen LogP contribution >= 0.6 is 12.4 Å². The van der Waals surface area contributed by atoms with Crippen molar-refractivity contribution in [3.63, 3.8) is 0 Å². The molecule has 0 saturated carbocycles. The van der Waals surface area contributed by atoms with Crippen LogP contribution in [0.1, 0.15) is 23.2 Å². The molecule has 0 radical (unpaired) electrons. The van der Waals surface area contributed by atoms with E-state index >= 15 is 0 Å². The van der Waals surface area contributed by atoms with Gasteiger partial charge in [-0.25, -0.2) is 0 Å². The third-order valence-corrected chi connectivity index (χ3v) is 3.46. The standard InChI is InChI=1S/C14H18N4O2.ClH/c1-9-8-18(6-5-15-9)14(19)12-7-11(16-17-12)13-4-3-10(2)20-13;/h3-4,7,9,15H,5-6,8H2,1-2H3,(H,16,17);1H. The summed E-state index contributed by atoms with van der Waals surface area (Å²) in [5.41, 5.74) is 1.16. The normalized spacial score (nSPS) is 18.4. The summed E-state index contributed by atoms with van der Waals surface area (Å²) in [4.78, 5) is 14.2. The number of aryl methyl sites for hydroxylation is 1. The van der Waals surface area contributed by atoms with Gasteiger partial charge in [-0.05, 0) is 26.0 Å². The van der Waals surface area contributed by atoms with E-state index in [9.17, 15) is 4.79 Å². The van der Waals surface area contributed by atoms with Gasteiger partial charge in [-0.2, -0.15) is 5.10 Å². The Morgan fingerprint density at radius 2 is 2.29 bits per heavy atom. The second-order valence-electron chi connectivity index (χ2n) is 5.18. The Labute approximate surface area is 129 Å². The molecule has 0 aliphatic carbocycles. The Balaban J connectivity index is 0.00000161. The van der Waals surface area contributed by atoms with Crippen LogP contribution in [0.15, 0.2) is 22.6 Å². The maximum Gasteiger partial charge on any atom is 0.274 e. The van der Waals surface area contributed by atoms with Gasteiger partial charge in [0.05, 0.1) is 0 Å². The Hall–Kier alpha value is -1.79. The lowest BCUT2D eigenvalue weighted by Gasteiger charge is -2.31. The van der Waals surface area contributed by atoms with Crippen molar-refractivity contribution in [2.45, 2.75) is 19.9 Å². The number of hydrogen-bond donors (Lipinski definition) is 2. The molecule has 3 rings (SSSR count). The molecule has 21 heavy (non-hydrogen) atoms. The van der Waals surface area contributed by atoms with Gasteiger partial charge in [0.25, 0.3) is 5.91 Å². The predicted molar refractivity (Wildman–Crippen MR) is 81.6 cm³/mol. The molecule has 3 heterocycles. The highest BCUT2D eigenvalue weighted by molar-refractivity contribution is 5.93. The van der Waals surface area contributed by atoms with Crippen LogP contribution in [0.2, 0.25) is 0 Å². The fourth-order valence-corrected chi connectivity index (χ4v) is 2.42. The van der Waals surface area contributed by atoms with Crippen molar-refractivity contribution in [1.29, 1.82) is 0 Å². The van der Waals surface area contributed by atoms with Gasteiger partial charge in [-0.3, -0.25) is 9.89 Å². The van der Waals surface area contributed by atoms with Crippen molar-refractivity contribution in [2.24, 2.45) is 0 Å². The number of piperazine rings is 1. The van der Waals surface area contributed by atoms with Crippen molar-refractivity contribution in [3.05, 3.63) is 29.7 Å². The number of aromatic nitrogens is 2. The van der Waals surface area contributed by atoms with Gasteiger partial charge in [-0.1, -0.05) is 0 Å². The smallest absolute Gasteiger partial charge is 0.274 e. The van der Waals surface area contributed by atoms with E-state index in [1.807, 2.05) is 24.0 Å². The molecule has 2 aromatic heterocycles. The fraction of sp³-hybridized carbons (Fsp3) is 0.429. The van der Waals surface area contributed by atoms with E-state index in [1.54, 1.807) is 6.07 Å². The summed E-state index contributed by atoms with van der Waals surface area (Å²) in [6.07, 6.45) is 0. The summed E-state index contributed by atoms with van der Waals surface area (Å²) in [7, 11) is 0. The number of nitrogens with one attached hydrogen (secondary N) is 2. The molecule has 1 amide bonds. The topological polar surface area (TPSA) is 74.2 Å². The average molecular weight is 311 g/mol. The molecule has 1 unspecified atom stereocenters. The molecule has 0 bridgehead atoms. The Morgan fingerprint density at radius 1 is 1.48 bits per heavy atom. The molecule has 2 aromatic rings. The first-order chi connectivity index (χ1) is 9.63. The van der Waals surface area contributed by atoms with Gasteiger partial charge in [0.15, 0.2) is 11.5 Å². The van der Waals surface area contributed by atoms with E-state index in [0.717, 1.165) is 18.0 Å². The van der Waals surface area contributed by atoms with Gasteiger partial charge >= 0.3 is 0 Å². The average Bonchev–Trinajstić information content (AvgIpc) is 3.06. The zero-order valence-corrected chi connectivity index (χ0v) is 12.9. The van der Waals surface area contributed by atoms with Gasteiger partial charge < -0.3 is 14.6 Å². The molecular weight excluding hydrogens is 292 g/mol. The first-order valence-corrected chi connectivity index (χ1v) is 6.78. The third-order valence-electron chi connectivity index (χ3n) is 3.46. The number of amides is 1. The molecule has 1 aliphatic heterocycles. The van der Waals surface area contributed by atoms with Gasteiger partial charge in [0.1, 0.15) is 11.5 Å². The molecule has 1 aliphatic rings. The summed E-state index contributed by atoms with van der Waals surface area (Å²) in [5, 5.41) is 10.3. The number of rotatable bonds is 2. The monoisotopic (exact) mass is 310 g/mol. The van der Waals surface area contributed by atoms with Crippen LogP contribution in [0.4, 0.5) is 0 Å². The van der Waals surface area contributed by atoms with Crippen LogP contribution in [0.25, 0.3) is 11.5 Å². The minimum Gasteiger partial charge on any atom is -0.460 e. The lowest BCUT2D eigenvalue weighted by molar-refractivity contribution is 0.0703. The van der Waals surface area contributed by atoms with Crippen LogP contribution in [0.5, 0.6) is 0 Å². The van der Waals surface area contributed by atoms with E-state index in [2.05, 4.69) is 22.4 Å². The largest absolute Gasteiger partial charge is 0.460 e. The van der Waals surface area contributed by atoms with Crippen LogP contribution in [-0.4, -0.2) is 46.7 Å². The predicted octanol–water partition coefficient (Wildman–Crippen LogP) is 1.83. The molecule has 0 aromatic carbocycles. The zero-order chi connectivity index (χ0) is 14.1. The number of nitrogens with zero attached hydrogens (tertiary/aromatic N) is 2. The molecule has 7 heteroatoms. The lowest BCUT2D eigenvalue weighted by atomic mass is 10.2. The van der Waals surface area contributed by atoms with Crippen LogP contribution < -0.4 is 5.32 Å².